The number of aliphatic hydroxyl groups excluding tert-OH is 1. The van der Waals surface area contributed by atoms with E-state index < -0.39 is 25.6 Å². The second kappa shape index (κ2) is 18.8. The fourth-order valence-electron chi connectivity index (χ4n) is 10.7. The molecule has 0 unspecified atom stereocenters. The third-order valence-electron chi connectivity index (χ3n) is 14.1. The molecular formula is C50H62N11O8P. The molecule has 0 saturated carbocycles. The summed E-state index contributed by atoms with van der Waals surface area (Å²) in [5, 5.41) is 17.0. The summed E-state index contributed by atoms with van der Waals surface area (Å²) in [4.78, 5) is 82.2. The van der Waals surface area contributed by atoms with Crippen molar-refractivity contribution in [1.29, 1.82) is 0 Å². The summed E-state index contributed by atoms with van der Waals surface area (Å²) in [6, 6.07) is 15.1. The lowest BCUT2D eigenvalue weighted by Crippen LogP contribution is -2.57. The van der Waals surface area contributed by atoms with E-state index >= 15 is 0 Å². The van der Waals surface area contributed by atoms with Crippen LogP contribution in [0.5, 0.6) is 0 Å². The second-order valence-corrected chi connectivity index (χ2v) is 21.3. The lowest BCUT2D eigenvalue weighted by Gasteiger charge is -2.47. The number of hydrogen-bond acceptors (Lipinski definition) is 13. The Labute approximate surface area is 407 Å². The summed E-state index contributed by atoms with van der Waals surface area (Å²) in [6.07, 6.45) is 8.05. The van der Waals surface area contributed by atoms with Gasteiger partial charge in [0.05, 0.1) is 29.4 Å². The van der Waals surface area contributed by atoms with Gasteiger partial charge in [0.25, 0.3) is 11.5 Å². The van der Waals surface area contributed by atoms with Crippen LogP contribution in [-0.2, 0) is 52.5 Å². The predicted molar refractivity (Wildman–Crippen MR) is 268 cm³/mol. The van der Waals surface area contributed by atoms with Crippen LogP contribution in [0.2, 0.25) is 0 Å². The van der Waals surface area contributed by atoms with E-state index in [0.29, 0.717) is 71.1 Å². The number of fused-ring (bicyclic) bond motifs is 3. The first-order chi connectivity index (χ1) is 33.2. The van der Waals surface area contributed by atoms with Gasteiger partial charge in [0, 0.05) is 99.8 Å². The molecule has 5 aromatic rings. The molecule has 4 aliphatic rings. The topological polar surface area (TPSA) is 224 Å². The van der Waals surface area contributed by atoms with Crippen molar-refractivity contribution in [3.63, 3.8) is 0 Å². The van der Waals surface area contributed by atoms with Gasteiger partial charge in [-0.2, -0.15) is 0 Å². The molecule has 4 aromatic heterocycles. The molecule has 1 aliphatic carbocycles. The van der Waals surface area contributed by atoms with Crippen LogP contribution in [0.25, 0.3) is 11.3 Å². The number of nitrogens with one attached hydrogen (secondary N) is 2. The highest BCUT2D eigenvalue weighted by molar-refractivity contribution is 7.46. The van der Waals surface area contributed by atoms with Crippen molar-refractivity contribution in [1.82, 2.24) is 29.0 Å². The first-order valence-electron chi connectivity index (χ1n) is 23.8. The zero-order valence-corrected chi connectivity index (χ0v) is 41.4. The summed E-state index contributed by atoms with van der Waals surface area (Å²) in [5.74, 6) is 0.544. The summed E-state index contributed by atoms with van der Waals surface area (Å²) < 4.78 is 20.2. The SMILES string of the molecule is C=CC(=O)Nc1cc(Nc2nc(-c3ccnc(N4CCn5c(cc6c5CC(C)(C)C6)C4=O)c3CO)cn(C)c2=O)ccc1N1CCN(C2CCN(c3cccc(C(C)(C)OP(=O)(O)O)n3)CC2)C[C@@H]1C. The Morgan fingerprint density at radius 3 is 2.50 bits per heavy atom. The number of carbonyl (C=O) groups excluding carboxylic acids is 2. The quantitative estimate of drug-likeness (QED) is 0.0705. The highest BCUT2D eigenvalue weighted by Gasteiger charge is 2.39. The van der Waals surface area contributed by atoms with Gasteiger partial charge in [-0.1, -0.05) is 26.5 Å². The van der Waals surface area contributed by atoms with Gasteiger partial charge in [0.15, 0.2) is 5.82 Å². The van der Waals surface area contributed by atoms with Gasteiger partial charge in [-0.25, -0.2) is 19.5 Å². The molecule has 2 fully saturated rings. The molecular weight excluding hydrogens is 914 g/mol. The molecule has 2 amide bonds. The van der Waals surface area contributed by atoms with Gasteiger partial charge in [-0.05, 0) is 106 Å². The largest absolute Gasteiger partial charge is 0.470 e. The number of amides is 2. The molecule has 9 rings (SSSR count). The lowest BCUT2D eigenvalue weighted by molar-refractivity contribution is -0.111. The number of piperazine rings is 1. The van der Waals surface area contributed by atoms with Gasteiger partial charge in [0.1, 0.15) is 22.9 Å². The van der Waals surface area contributed by atoms with E-state index in [1.54, 1.807) is 56.4 Å². The molecule has 19 nitrogen and oxygen atoms in total. The van der Waals surface area contributed by atoms with Crippen LogP contribution in [0.4, 0.5) is 34.5 Å². The monoisotopic (exact) mass is 975 g/mol. The van der Waals surface area contributed by atoms with Crippen LogP contribution in [0.3, 0.4) is 0 Å². The van der Waals surface area contributed by atoms with Crippen molar-refractivity contribution in [3.05, 3.63) is 112 Å². The minimum absolute atomic E-state index is 0.0228. The number of benzene rings is 1. The summed E-state index contributed by atoms with van der Waals surface area (Å²) in [7, 11) is -3.10. The Hall–Kier alpha value is -6.21. The van der Waals surface area contributed by atoms with Crippen molar-refractivity contribution >= 4 is 54.2 Å². The van der Waals surface area contributed by atoms with E-state index in [1.165, 1.54) is 21.9 Å². The van der Waals surface area contributed by atoms with Crippen molar-refractivity contribution in [2.45, 2.75) is 91.1 Å². The molecule has 20 heteroatoms. The molecule has 1 aromatic carbocycles. The minimum Gasteiger partial charge on any atom is -0.392 e. The maximum Gasteiger partial charge on any atom is 0.470 e. The smallest absolute Gasteiger partial charge is 0.392 e. The lowest BCUT2D eigenvalue weighted by atomic mass is 9.90. The van der Waals surface area contributed by atoms with Crippen LogP contribution >= 0.6 is 7.82 Å². The molecule has 0 spiro atoms. The molecule has 0 radical (unpaired) electrons. The number of phosphoric ester groups is 1. The highest BCUT2D eigenvalue weighted by Crippen LogP contribution is 2.45. The Morgan fingerprint density at radius 1 is 1.01 bits per heavy atom. The normalized spacial score (nSPS) is 18.7. The standard InChI is InChI=1S/C50H62N11O8P/c1-8-44(63)53-37-25-33(12-13-39(37)59-21-20-58(28-31(59)2)34-15-18-57(19-16-34)43-11-9-10-42(55-43)50(5,6)69-70(66,67)68)52-45-48(65)56(7)29-38(54-45)35-14-17-51-46(36(35)30-62)61-23-22-60-40(47(61)64)24-32-26-49(3,4)27-41(32)60/h8-14,17,24-25,29,31,34,62H,1,15-16,18-23,26-28,30H2,2-7H3,(H,52,54)(H,53,63)(H2,66,67,68)/t31-/m0/s1. The number of aromatic nitrogens is 5. The molecule has 1 atom stereocenters. The van der Waals surface area contributed by atoms with Crippen LogP contribution in [0.1, 0.15) is 80.5 Å². The van der Waals surface area contributed by atoms with E-state index in [2.05, 4.69) is 62.2 Å². The van der Waals surface area contributed by atoms with E-state index in [1.807, 2.05) is 30.3 Å². The summed E-state index contributed by atoms with van der Waals surface area (Å²) in [5.41, 5.74) is 5.16. The Morgan fingerprint density at radius 2 is 1.79 bits per heavy atom. The first-order valence-corrected chi connectivity index (χ1v) is 25.3. The van der Waals surface area contributed by atoms with Crippen molar-refractivity contribution in [2.24, 2.45) is 12.5 Å². The Kier molecular flexibility index (Phi) is 13.1. The van der Waals surface area contributed by atoms with Crippen LogP contribution in [0, 0.1) is 5.41 Å². The maximum atomic E-state index is 14.1. The molecule has 3 aliphatic heterocycles. The second-order valence-electron chi connectivity index (χ2n) is 20.1. The fourth-order valence-corrected chi connectivity index (χ4v) is 11.4. The Bertz CT molecular complexity index is 2970. The highest BCUT2D eigenvalue weighted by atomic mass is 31.2. The number of rotatable bonds is 13. The van der Waals surface area contributed by atoms with E-state index in [-0.39, 0.29) is 29.1 Å². The molecule has 370 valence electrons. The number of pyridine rings is 2. The number of anilines is 6. The minimum atomic E-state index is -4.73. The van der Waals surface area contributed by atoms with Crippen molar-refractivity contribution in [3.8, 4) is 11.3 Å². The number of aliphatic hydroxyl groups is 1. The number of phosphoric acid groups is 1. The average molecular weight is 976 g/mol. The third kappa shape index (κ3) is 9.78. The zero-order valence-electron chi connectivity index (χ0n) is 40.6. The Balaban J connectivity index is 0.899. The zero-order chi connectivity index (χ0) is 49.9. The predicted octanol–water partition coefficient (Wildman–Crippen LogP) is 5.71. The number of hydrogen-bond donors (Lipinski definition) is 5. The number of aryl methyl sites for hydroxylation is 1. The van der Waals surface area contributed by atoms with E-state index in [9.17, 15) is 33.8 Å². The van der Waals surface area contributed by atoms with Gasteiger partial charge in [-0.15, -0.1) is 0 Å². The van der Waals surface area contributed by atoms with Gasteiger partial charge in [-0.3, -0.25) is 28.7 Å². The van der Waals surface area contributed by atoms with Crippen LogP contribution in [-0.4, -0.2) is 107 Å². The third-order valence-corrected chi connectivity index (χ3v) is 14.8. The molecule has 5 N–H and O–H groups in total. The summed E-state index contributed by atoms with van der Waals surface area (Å²) >= 11 is 0. The molecule has 2 saturated heterocycles. The number of piperidine rings is 1. The van der Waals surface area contributed by atoms with Crippen LogP contribution in [0.15, 0.2) is 78.4 Å². The fraction of sp³-hybridized carbons (Fsp3) is 0.440. The number of carbonyl (C=O) groups is 2. The van der Waals surface area contributed by atoms with Gasteiger partial charge < -0.3 is 44.5 Å². The van der Waals surface area contributed by atoms with Gasteiger partial charge >= 0.3 is 7.82 Å². The summed E-state index contributed by atoms with van der Waals surface area (Å²) in [6.45, 7) is 17.9. The van der Waals surface area contributed by atoms with E-state index in [0.717, 1.165) is 63.4 Å². The average Bonchev–Trinajstić information content (AvgIpc) is 3.81. The van der Waals surface area contributed by atoms with Crippen molar-refractivity contribution in [2.75, 3.05) is 64.6 Å². The van der Waals surface area contributed by atoms with Crippen LogP contribution < -0.4 is 30.9 Å². The number of nitrogens with zero attached hydrogens (tertiary/aromatic N) is 9. The van der Waals surface area contributed by atoms with E-state index in [4.69, 9.17) is 14.5 Å². The molecule has 0 bridgehead atoms. The maximum absolute atomic E-state index is 14.1. The molecule has 70 heavy (non-hydrogen) atoms. The molecule has 7 heterocycles. The first kappa shape index (κ1) is 48.8. The van der Waals surface area contributed by atoms with Crippen molar-refractivity contribution < 1.29 is 33.6 Å². The van der Waals surface area contributed by atoms with Gasteiger partial charge in [0.2, 0.25) is 5.91 Å².